The van der Waals surface area contributed by atoms with Crippen LogP contribution in [0.1, 0.15) is 0 Å². The molecule has 184 valence electrons. The van der Waals surface area contributed by atoms with Crippen LogP contribution in [0.4, 0.5) is 0 Å². The Hall–Kier alpha value is -5.08. The molecule has 0 aromatic rings. The predicted octanol–water partition coefficient (Wildman–Crippen LogP) is -8.98. The van der Waals surface area contributed by atoms with E-state index in [1.54, 1.807) is 0 Å². The van der Waals surface area contributed by atoms with Gasteiger partial charge in [-0.2, -0.15) is 0 Å². The number of amides is 4. The van der Waals surface area contributed by atoms with Gasteiger partial charge in [-0.05, 0) is 0 Å². The van der Waals surface area contributed by atoms with Crippen molar-refractivity contribution in [1.82, 2.24) is 37.2 Å². The summed E-state index contributed by atoms with van der Waals surface area (Å²) in [5.41, 5.74) is 31.0. The summed E-state index contributed by atoms with van der Waals surface area (Å²) in [5.74, 6) is -7.54. The highest BCUT2D eigenvalue weighted by Gasteiger charge is 2.30. The number of guanidine groups is 4. The Balaban J connectivity index is 5.58. The number of rotatable bonds is 11. The molecule has 21 nitrogen and oxygen atoms in total. The van der Waals surface area contributed by atoms with Crippen molar-refractivity contribution in [2.45, 2.75) is 24.7 Å². The summed E-state index contributed by atoms with van der Waals surface area (Å²) < 4.78 is 0. The molecular formula is C12H27N17O4. The largest absolute Gasteiger partial charge is 0.370 e. The lowest BCUT2D eigenvalue weighted by Crippen LogP contribution is -2.68. The molecule has 4 atom stereocenters. The van der Waals surface area contributed by atoms with Gasteiger partial charge in [0, 0.05) is 0 Å². The molecule has 0 heterocycles. The zero-order chi connectivity index (χ0) is 25.9. The summed E-state index contributed by atoms with van der Waals surface area (Å²) in [4.78, 5) is 48.5. The van der Waals surface area contributed by atoms with Crippen LogP contribution in [0.5, 0.6) is 0 Å². The molecule has 0 spiro atoms. The standard InChI is InChI=1S/C12H27N17O4/c13-1(23-9(15)16)6(31)25-4(28-11(19)20)8(33)26-5(29-12(21)22)7(32)24-3(2(14)30)27-10(17)18/h1,3-5H,13H2,(H2,14,30)(H,24,32)(H,25,31)(H,26,33)(H4,15,16,23)(H4,17,18,27)(H4,19,20,28)(H4,21,22,29). The Morgan fingerprint density at radius 3 is 1.12 bits per heavy atom. The van der Waals surface area contributed by atoms with Crippen LogP contribution in [0.15, 0.2) is 0 Å². The van der Waals surface area contributed by atoms with E-state index in [2.05, 4.69) is 16.0 Å². The summed E-state index contributed by atoms with van der Waals surface area (Å²) >= 11 is 0. The van der Waals surface area contributed by atoms with E-state index < -0.39 is 72.1 Å². The molecule has 0 saturated heterocycles. The van der Waals surface area contributed by atoms with Crippen molar-refractivity contribution in [2.75, 3.05) is 0 Å². The molecule has 33 heavy (non-hydrogen) atoms. The van der Waals surface area contributed by atoms with Crippen LogP contribution >= 0.6 is 0 Å². The molecule has 23 N–H and O–H groups in total. The van der Waals surface area contributed by atoms with Gasteiger partial charge in [0.2, 0.25) is 0 Å². The first-order valence-corrected chi connectivity index (χ1v) is 8.52. The Morgan fingerprint density at radius 1 is 0.485 bits per heavy atom. The fourth-order valence-electron chi connectivity index (χ4n) is 1.90. The molecule has 0 rings (SSSR count). The third-order valence-corrected chi connectivity index (χ3v) is 3.16. The van der Waals surface area contributed by atoms with Crippen LogP contribution in [-0.2, 0) is 19.2 Å². The molecule has 4 amide bonds. The predicted molar refractivity (Wildman–Crippen MR) is 113 cm³/mol. The van der Waals surface area contributed by atoms with Crippen LogP contribution in [0.3, 0.4) is 0 Å². The molecule has 0 saturated carbocycles. The summed E-state index contributed by atoms with van der Waals surface area (Å²) in [6.07, 6.45) is -6.87. The zero-order valence-corrected chi connectivity index (χ0v) is 16.9. The van der Waals surface area contributed by atoms with E-state index in [0.29, 0.717) is 0 Å². The lowest BCUT2D eigenvalue weighted by atomic mass is 10.3. The average Bonchev–Trinajstić information content (AvgIpc) is 2.64. The Labute approximate surface area is 185 Å². The first kappa shape index (κ1) is 27.9. The third-order valence-electron chi connectivity index (χ3n) is 3.16. The van der Waals surface area contributed by atoms with Gasteiger partial charge in [-0.3, -0.25) is 40.8 Å². The van der Waals surface area contributed by atoms with Crippen LogP contribution in [0, 0.1) is 21.6 Å². The highest BCUT2D eigenvalue weighted by molar-refractivity contribution is 5.98. The van der Waals surface area contributed by atoms with E-state index >= 15 is 0 Å². The first-order chi connectivity index (χ1) is 15.1. The zero-order valence-electron chi connectivity index (χ0n) is 16.9. The topological polar surface area (TPSA) is 404 Å². The van der Waals surface area contributed by atoms with Crippen molar-refractivity contribution in [1.29, 1.82) is 21.6 Å². The summed E-state index contributed by atoms with van der Waals surface area (Å²) in [6, 6.07) is 0. The molecule has 0 radical (unpaired) electrons. The SMILES string of the molecule is N=C(N)NC(N)C(=O)NC(NC(=N)N)C(=O)NC(NC(=N)N)C(=O)NC(NC(=N)N)C(N)=O. The van der Waals surface area contributed by atoms with E-state index in [4.69, 9.17) is 56.0 Å². The minimum Gasteiger partial charge on any atom is -0.370 e. The highest BCUT2D eigenvalue weighted by atomic mass is 16.2. The van der Waals surface area contributed by atoms with Gasteiger partial charge in [0.1, 0.15) is 0 Å². The van der Waals surface area contributed by atoms with E-state index in [-0.39, 0.29) is 0 Å². The molecular weight excluding hydrogens is 446 g/mol. The molecule has 0 aliphatic carbocycles. The number of nitrogens with one attached hydrogen (secondary N) is 11. The molecule has 0 aromatic carbocycles. The van der Waals surface area contributed by atoms with Crippen LogP contribution < -0.4 is 71.6 Å². The van der Waals surface area contributed by atoms with Crippen LogP contribution in [-0.4, -0.2) is 72.1 Å². The van der Waals surface area contributed by atoms with Gasteiger partial charge in [0.05, 0.1) is 0 Å². The number of carbonyl (C=O) groups is 4. The quantitative estimate of drug-likeness (QED) is 0.0753. The number of hydrogen-bond acceptors (Lipinski definition) is 9. The molecule has 0 aliphatic rings. The minimum atomic E-state index is -1.83. The van der Waals surface area contributed by atoms with Crippen LogP contribution in [0.2, 0.25) is 0 Å². The smallest absolute Gasteiger partial charge is 0.265 e. The normalized spacial score (nSPS) is 13.5. The summed E-state index contributed by atoms with van der Waals surface area (Å²) in [7, 11) is 0. The van der Waals surface area contributed by atoms with Crippen molar-refractivity contribution < 1.29 is 19.2 Å². The highest BCUT2D eigenvalue weighted by Crippen LogP contribution is 1.88. The number of nitrogens with two attached hydrogens (primary N) is 6. The lowest BCUT2D eigenvalue weighted by Gasteiger charge is -2.26. The van der Waals surface area contributed by atoms with Gasteiger partial charge in [0.15, 0.2) is 48.5 Å². The maximum Gasteiger partial charge on any atom is 0.265 e. The number of carbonyl (C=O) groups excluding carboxylic acids is 4. The molecule has 0 fully saturated rings. The molecule has 0 aliphatic heterocycles. The van der Waals surface area contributed by atoms with Gasteiger partial charge in [-0.1, -0.05) is 0 Å². The fraction of sp³-hybridized carbons (Fsp3) is 0.333. The van der Waals surface area contributed by atoms with Crippen molar-refractivity contribution >= 4 is 47.5 Å². The van der Waals surface area contributed by atoms with Gasteiger partial charge < -0.3 is 71.6 Å². The van der Waals surface area contributed by atoms with Gasteiger partial charge in [-0.15, -0.1) is 0 Å². The van der Waals surface area contributed by atoms with Gasteiger partial charge in [0.25, 0.3) is 23.6 Å². The maximum absolute atomic E-state index is 12.6. The fourth-order valence-corrected chi connectivity index (χ4v) is 1.90. The van der Waals surface area contributed by atoms with Crippen molar-refractivity contribution in [2.24, 2.45) is 34.4 Å². The average molecular weight is 473 g/mol. The summed E-state index contributed by atoms with van der Waals surface area (Å²) in [5, 5.41) is 43.0. The van der Waals surface area contributed by atoms with E-state index in [1.165, 1.54) is 0 Å². The Kier molecular flexibility index (Phi) is 10.6. The first-order valence-electron chi connectivity index (χ1n) is 8.52. The van der Waals surface area contributed by atoms with E-state index in [9.17, 15) is 19.2 Å². The van der Waals surface area contributed by atoms with Crippen molar-refractivity contribution in [3.8, 4) is 0 Å². The number of primary amides is 1. The van der Waals surface area contributed by atoms with Crippen molar-refractivity contribution in [3.63, 3.8) is 0 Å². The third kappa shape index (κ3) is 11.0. The Morgan fingerprint density at radius 2 is 0.788 bits per heavy atom. The molecule has 4 unspecified atom stereocenters. The second-order valence-electron chi connectivity index (χ2n) is 5.94. The Bertz CT molecular complexity index is 827. The van der Waals surface area contributed by atoms with Gasteiger partial charge in [-0.25, -0.2) is 0 Å². The lowest BCUT2D eigenvalue weighted by molar-refractivity contribution is -0.134. The number of hydrogen-bond donors (Lipinski definition) is 17. The monoisotopic (exact) mass is 473 g/mol. The minimum absolute atomic E-state index is 0.649. The van der Waals surface area contributed by atoms with Gasteiger partial charge >= 0.3 is 0 Å². The second-order valence-corrected chi connectivity index (χ2v) is 5.94. The van der Waals surface area contributed by atoms with E-state index in [0.717, 1.165) is 0 Å². The van der Waals surface area contributed by atoms with E-state index in [1.807, 2.05) is 21.3 Å². The molecule has 21 heteroatoms. The maximum atomic E-state index is 12.6. The van der Waals surface area contributed by atoms with Crippen LogP contribution in [0.25, 0.3) is 0 Å². The molecule has 0 bridgehead atoms. The second kappa shape index (κ2) is 12.6. The molecule has 0 aromatic heterocycles. The van der Waals surface area contributed by atoms with Crippen molar-refractivity contribution in [3.05, 3.63) is 0 Å². The summed E-state index contributed by atoms with van der Waals surface area (Å²) in [6.45, 7) is 0.